The first-order valence-corrected chi connectivity index (χ1v) is 56.7. The Kier molecular flexibility index (Phi) is 45.9. The minimum absolute atomic E-state index is 0.0322. The maximum atomic E-state index is 14.4. The number of fused-ring (bicyclic) bond motifs is 3. The summed E-state index contributed by atoms with van der Waals surface area (Å²) in [5.74, 6) is -8.59. The summed E-state index contributed by atoms with van der Waals surface area (Å²) >= 11 is 0. The van der Waals surface area contributed by atoms with Crippen LogP contribution in [0.25, 0.3) is 51.7 Å². The Hall–Kier alpha value is -11.3. The van der Waals surface area contributed by atoms with E-state index in [9.17, 15) is 115 Å². The van der Waals surface area contributed by atoms with Gasteiger partial charge in [0.15, 0.2) is 26.6 Å². The number of halogens is 3. The zero-order valence-electron chi connectivity index (χ0n) is 76.5. The highest BCUT2D eigenvalue weighted by Crippen LogP contribution is 2.47. The number of hydrogen-bond acceptors (Lipinski definition) is 37. The van der Waals surface area contributed by atoms with Crippen molar-refractivity contribution in [3.8, 4) is 0 Å². The number of rotatable bonds is 52. The molecule has 0 radical (unpaired) electrons. The zero-order chi connectivity index (χ0) is 103. The highest BCUT2D eigenvalue weighted by molar-refractivity contribution is 8.72. The Morgan fingerprint density at radius 3 is 1.00 bits per heavy atom. The van der Waals surface area contributed by atoms with Gasteiger partial charge in [-0.2, -0.15) is 0 Å². The first-order valence-electron chi connectivity index (χ1n) is 41.8. The van der Waals surface area contributed by atoms with E-state index in [1.165, 1.54) is 42.5 Å². The van der Waals surface area contributed by atoms with Gasteiger partial charge in [0.2, 0.25) is 18.3 Å². The van der Waals surface area contributed by atoms with Crippen LogP contribution in [0, 0.1) is 47.8 Å². The van der Waals surface area contributed by atoms with Crippen LogP contribution in [-0.4, -0.2) is 240 Å². The maximum Gasteiger partial charge on any atom is 0.351 e. The Morgan fingerprint density at radius 2 is 0.705 bits per heavy atom. The third-order valence-corrected chi connectivity index (χ3v) is 30.3. The minimum atomic E-state index is -3.48. The van der Waals surface area contributed by atoms with Gasteiger partial charge in [0.05, 0.1) is 45.5 Å². The summed E-state index contributed by atoms with van der Waals surface area (Å²) < 4.78 is 194. The number of benzene rings is 6. The number of hydrogen-bond donors (Lipinski definition) is 0. The van der Waals surface area contributed by atoms with Gasteiger partial charge < -0.3 is 57.1 Å². The summed E-state index contributed by atoms with van der Waals surface area (Å²) in [6.45, 7) is 4.14. The number of allylic oxidation sites excluding steroid dienone is 6. The molecule has 9 rings (SSSR count). The first-order chi connectivity index (χ1) is 65.6. The SMILES string of the molecule is CC1=C(CC(=O)OC(COC(=O)CC(CO[N+](=O)[O-])O[N+](=O)[O-])C(=O)OCCSS(C)(=O)=O)c2cc(F)ccc2/C1=C\c1ccc(S(C)=O)cc1.CC1=C(CC(=O)OC(COCCCCO[N+](=O)[O-])C(=O)OCCSS(C)(=O)=O)c2cc(F)ccc2/C1=C\c1ccc(S(C)=O)cc1.CCCCOCC(OC(=O)CC1=C(C)/C(=C/c2ccc(S(C)=O)cc2)c2ccc(F)cc21)C(=O)OCCSS(C)(=O)=O. The molecule has 0 aliphatic heterocycles. The van der Waals surface area contributed by atoms with Crippen LogP contribution < -0.4 is 0 Å². The average molecular weight is 2110 g/mol. The molecule has 0 aromatic heterocycles. The maximum absolute atomic E-state index is 14.4. The summed E-state index contributed by atoms with van der Waals surface area (Å²) in [7, 11) is -11.9. The van der Waals surface area contributed by atoms with Crippen molar-refractivity contribution in [2.24, 2.45) is 0 Å². The Morgan fingerprint density at radius 1 is 0.396 bits per heavy atom. The molecule has 0 heterocycles. The van der Waals surface area contributed by atoms with E-state index in [0.29, 0.717) is 128 Å². The molecular weight excluding hydrogens is 2010 g/mol. The van der Waals surface area contributed by atoms with E-state index in [-0.39, 0.29) is 69.7 Å². The van der Waals surface area contributed by atoms with Crippen molar-refractivity contribution >= 4 is 185 Å². The molecule has 0 fully saturated rings. The number of esters is 7. The van der Waals surface area contributed by atoms with Gasteiger partial charge >= 0.3 is 41.8 Å². The standard InChI is InChI=1S/C30H31FN2O15S3.C30H34FNO11S3.C30H35FO8S3/c1-18-24(12-19-4-7-22(8-5-19)50(2)41)23-9-6-20(31)13-26(23)25(18)15-29(35)47-27(30(36)44-10-11-49-51(3,42)43)17-45-28(34)14-21(48-33(39)40)16-46-32(37)38;1-20-25(16-21-6-9-23(10-7-21)45(2)37)24-11-8-22(31)17-27(24)26(20)18-29(33)43-28(19-40-12-4-5-13-42-32(35)36)30(34)41-14-15-44-46(3,38)39;1-5-6-13-37-19-28(30(33)38-14-15-40-42(4,35)36)39-29(32)18-26-20(2)25(24-12-9-22(31)17-27(24)26)16-21-7-10-23(11-8-21)41(3)34/h4-9,12-13,21,27H,10-11,14-17H2,1-3H3;6-11,16-17,28H,4-5,12-15,18-19H2,1-3H3;7-12,16-17,28H,5-6,13-15,18-19H2,1-4H3/b24-12-;2*25-16-. The van der Waals surface area contributed by atoms with Crippen LogP contribution in [0.1, 0.15) is 129 Å². The molecule has 37 nitrogen and oxygen atoms in total. The second kappa shape index (κ2) is 55.6. The molecular formula is C90H100F3N3O34S9. The third kappa shape index (κ3) is 39.4. The van der Waals surface area contributed by atoms with Gasteiger partial charge in [0, 0.05) is 115 Å². The first kappa shape index (κ1) is 115. The molecule has 49 heteroatoms. The molecule has 7 atom stereocenters. The molecule has 0 amide bonds. The fraction of sp³-hybridized carbons (Fsp3) is 0.389. The van der Waals surface area contributed by atoms with Gasteiger partial charge in [-0.05, 0) is 264 Å². The molecule has 0 saturated heterocycles. The molecule has 7 unspecified atom stereocenters. The van der Waals surface area contributed by atoms with Crippen LogP contribution in [0.5, 0.6) is 0 Å². The van der Waals surface area contributed by atoms with Crippen LogP contribution in [0.3, 0.4) is 0 Å². The van der Waals surface area contributed by atoms with Crippen molar-refractivity contribution in [2.75, 3.05) is 121 Å². The van der Waals surface area contributed by atoms with E-state index in [1.54, 1.807) is 99.4 Å². The second-order valence-corrected chi connectivity index (χ2v) is 48.2. The van der Waals surface area contributed by atoms with Crippen LogP contribution in [0.2, 0.25) is 0 Å². The highest BCUT2D eigenvalue weighted by Gasteiger charge is 2.36. The molecule has 3 aliphatic rings. The minimum Gasteiger partial charge on any atom is -0.462 e. The van der Waals surface area contributed by atoms with E-state index in [0.717, 1.165) is 70.6 Å². The van der Waals surface area contributed by atoms with Crippen LogP contribution in [-0.2, 0) is 150 Å². The summed E-state index contributed by atoms with van der Waals surface area (Å²) in [5.41, 5.74) is 11.5. The third-order valence-electron chi connectivity index (χ3n) is 19.8. The molecule has 0 saturated carbocycles. The second-order valence-electron chi connectivity index (χ2n) is 30.3. The average Bonchev–Trinajstić information content (AvgIpc) is 1.63. The molecule has 6 aromatic carbocycles. The molecule has 0 spiro atoms. The molecule has 0 bridgehead atoms. The monoisotopic (exact) mass is 2110 g/mol. The molecule has 3 aliphatic carbocycles. The smallest absolute Gasteiger partial charge is 0.351 e. The normalized spacial score (nSPS) is 15.1. The molecule has 0 N–H and O–H groups in total. The Bertz CT molecular complexity index is 6130. The lowest BCUT2D eigenvalue weighted by Gasteiger charge is -2.18. The van der Waals surface area contributed by atoms with Crippen LogP contribution in [0.15, 0.2) is 159 Å². The van der Waals surface area contributed by atoms with E-state index in [2.05, 4.69) is 14.5 Å². The number of carbonyl (C=O) groups is 7. The quantitative estimate of drug-likeness (QED) is 0.00854. The Balaban J connectivity index is 0.000000285. The van der Waals surface area contributed by atoms with Crippen molar-refractivity contribution in [3.63, 3.8) is 0 Å². The van der Waals surface area contributed by atoms with Crippen molar-refractivity contribution in [3.05, 3.63) is 242 Å². The van der Waals surface area contributed by atoms with Crippen molar-refractivity contribution < 1.29 is 157 Å². The topological polar surface area (TPSA) is 513 Å². The highest BCUT2D eigenvalue weighted by atomic mass is 33.1. The van der Waals surface area contributed by atoms with E-state index in [4.69, 9.17) is 42.6 Å². The van der Waals surface area contributed by atoms with Gasteiger partial charge in [-0.15, -0.1) is 30.3 Å². The van der Waals surface area contributed by atoms with Crippen molar-refractivity contribution in [1.29, 1.82) is 0 Å². The fourth-order valence-electron chi connectivity index (χ4n) is 13.3. The van der Waals surface area contributed by atoms with Crippen molar-refractivity contribution in [1.82, 2.24) is 0 Å². The molecule has 754 valence electrons. The fourth-order valence-corrected chi connectivity index (χ4v) is 19.6. The Labute approximate surface area is 817 Å². The number of carbonyl (C=O) groups excluding carboxylic acids is 7. The largest absolute Gasteiger partial charge is 0.462 e. The lowest BCUT2D eigenvalue weighted by molar-refractivity contribution is -0.789. The van der Waals surface area contributed by atoms with E-state index >= 15 is 0 Å². The lowest BCUT2D eigenvalue weighted by atomic mass is 10.0. The van der Waals surface area contributed by atoms with Gasteiger partial charge in [0.25, 0.3) is 15.3 Å². The van der Waals surface area contributed by atoms with Crippen molar-refractivity contribution in [2.45, 2.75) is 118 Å². The number of ether oxygens (including phenoxy) is 9. The van der Waals surface area contributed by atoms with Gasteiger partial charge in [0.1, 0.15) is 56.6 Å². The summed E-state index contributed by atoms with van der Waals surface area (Å²) in [4.78, 5) is 136. The van der Waals surface area contributed by atoms with E-state index < -0.39 is 191 Å². The van der Waals surface area contributed by atoms with Crippen LogP contribution >= 0.6 is 32.4 Å². The zero-order valence-corrected chi connectivity index (χ0v) is 83.9. The summed E-state index contributed by atoms with van der Waals surface area (Å²) in [5, 5.41) is 28.0. The molecule has 6 aromatic rings. The summed E-state index contributed by atoms with van der Waals surface area (Å²) in [6.07, 6.45) is 7.14. The van der Waals surface area contributed by atoms with Gasteiger partial charge in [-0.3, -0.25) is 31.8 Å². The van der Waals surface area contributed by atoms with Gasteiger partial charge in [-0.25, -0.2) is 52.8 Å². The summed E-state index contributed by atoms with van der Waals surface area (Å²) in [6, 6.07) is 33.9. The molecule has 139 heavy (non-hydrogen) atoms. The number of unbranched alkanes of at least 4 members (excludes halogenated alkanes) is 2. The number of nitrogens with zero attached hydrogens (tertiary/aromatic N) is 3. The predicted molar refractivity (Wildman–Crippen MR) is 514 cm³/mol. The lowest BCUT2D eigenvalue weighted by Crippen LogP contribution is -2.36. The predicted octanol–water partition coefficient (Wildman–Crippen LogP) is 12.8. The van der Waals surface area contributed by atoms with E-state index in [1.807, 2.05) is 50.3 Å². The van der Waals surface area contributed by atoms with Crippen LogP contribution in [0.4, 0.5) is 13.2 Å². The van der Waals surface area contributed by atoms with Gasteiger partial charge in [-0.1, -0.05) is 67.9 Å².